The van der Waals surface area contributed by atoms with Gasteiger partial charge in [0.2, 0.25) is 5.88 Å². The van der Waals surface area contributed by atoms with Gasteiger partial charge in [0.25, 0.3) is 5.91 Å². The highest BCUT2D eigenvalue weighted by molar-refractivity contribution is 5.94. The van der Waals surface area contributed by atoms with Crippen LogP contribution in [0.25, 0.3) is 0 Å². The fourth-order valence-electron chi connectivity index (χ4n) is 3.32. The number of amidine groups is 1. The first-order valence-electron chi connectivity index (χ1n) is 9.35. The highest BCUT2D eigenvalue weighted by Crippen LogP contribution is 2.37. The zero-order valence-electron chi connectivity index (χ0n) is 16.7. The van der Waals surface area contributed by atoms with Crippen LogP contribution in [0.4, 0.5) is 4.39 Å². The van der Waals surface area contributed by atoms with Crippen LogP contribution >= 0.6 is 0 Å². The number of halogens is 1. The summed E-state index contributed by atoms with van der Waals surface area (Å²) in [5.74, 6) is 0.123. The van der Waals surface area contributed by atoms with Crippen molar-refractivity contribution in [2.45, 2.75) is 25.8 Å². The minimum Gasteiger partial charge on any atom is -0.481 e. The first-order chi connectivity index (χ1) is 14.0. The number of hydroxylamine groups is 1. The van der Waals surface area contributed by atoms with Crippen LogP contribution in [0.3, 0.4) is 0 Å². The number of nitrogens with one attached hydrogen (secondary N) is 1. The van der Waals surface area contributed by atoms with Gasteiger partial charge in [0.1, 0.15) is 18.3 Å². The van der Waals surface area contributed by atoms with Gasteiger partial charge in [-0.15, -0.1) is 0 Å². The second kappa shape index (κ2) is 9.46. The van der Waals surface area contributed by atoms with Gasteiger partial charge in [-0.1, -0.05) is 0 Å². The molecule has 1 amide bonds. The second-order valence-electron chi connectivity index (χ2n) is 6.74. The minimum absolute atomic E-state index is 0.0515. The molecule has 1 fully saturated rings. The molecule has 9 nitrogen and oxygen atoms in total. The lowest BCUT2D eigenvalue weighted by molar-refractivity contribution is -0.132. The third-order valence-electron chi connectivity index (χ3n) is 4.77. The molecular formula is C19H25FN6O3. The Labute approximate surface area is 168 Å². The molecule has 0 saturated carbocycles. The van der Waals surface area contributed by atoms with Crippen LogP contribution < -0.4 is 10.2 Å². The number of carbonyl (C=O) groups is 1. The molecule has 2 atom stereocenters. The van der Waals surface area contributed by atoms with Crippen molar-refractivity contribution < 1.29 is 18.8 Å². The lowest BCUT2D eigenvalue weighted by Gasteiger charge is -2.29. The summed E-state index contributed by atoms with van der Waals surface area (Å²) < 4.78 is 19.1. The summed E-state index contributed by atoms with van der Waals surface area (Å²) in [6.07, 6.45) is 8.17. The van der Waals surface area contributed by atoms with E-state index in [0.717, 1.165) is 37.0 Å². The largest absolute Gasteiger partial charge is 0.481 e. The Morgan fingerprint density at radius 3 is 3.00 bits per heavy atom. The van der Waals surface area contributed by atoms with Crippen molar-refractivity contribution in [2.75, 3.05) is 27.4 Å². The smallest absolute Gasteiger partial charge is 0.251 e. The van der Waals surface area contributed by atoms with Gasteiger partial charge in [0, 0.05) is 24.5 Å². The van der Waals surface area contributed by atoms with Crippen molar-refractivity contribution in [3.63, 3.8) is 0 Å². The molecular weight excluding hydrogens is 379 g/mol. The Morgan fingerprint density at radius 1 is 1.48 bits per heavy atom. The van der Waals surface area contributed by atoms with Gasteiger partial charge in [0.05, 0.1) is 32.4 Å². The molecule has 0 spiro atoms. The predicted molar refractivity (Wildman–Crippen MR) is 106 cm³/mol. The Balaban J connectivity index is 1.67. The summed E-state index contributed by atoms with van der Waals surface area (Å²) in [4.78, 5) is 27.0. The SMILES string of the molecule is CONC(=O)C(C)/C=N\N1C=CC(N2CCC[C@@H]2c2cc(F)cnc2OC)=NC1. The standard InChI is InChI=1S/C19H25FN6O3/c1-13(18(27)24-29-3)10-23-25-8-6-17(22-12-25)26-7-4-5-16(26)15-9-14(20)11-21-19(15)28-2/h6,8-11,13,16H,4-5,7,12H2,1-3H3,(H,24,27)/b23-10-/t13?,16-/m1/s1. The van der Waals surface area contributed by atoms with Crippen molar-refractivity contribution in [3.05, 3.63) is 35.9 Å². The fraction of sp³-hybridized carbons (Fsp3) is 0.474. The topological polar surface area (TPSA) is 91.7 Å². The van der Waals surface area contributed by atoms with Gasteiger partial charge < -0.3 is 9.64 Å². The number of pyridine rings is 1. The summed E-state index contributed by atoms with van der Waals surface area (Å²) in [5.41, 5.74) is 2.99. The van der Waals surface area contributed by atoms with Crippen molar-refractivity contribution in [3.8, 4) is 5.88 Å². The van der Waals surface area contributed by atoms with Crippen LogP contribution in [0.5, 0.6) is 5.88 Å². The van der Waals surface area contributed by atoms with E-state index in [2.05, 4.69) is 30.3 Å². The summed E-state index contributed by atoms with van der Waals surface area (Å²) in [7, 11) is 2.91. The number of hydrogen-bond acceptors (Lipinski definition) is 8. The van der Waals surface area contributed by atoms with Gasteiger partial charge in [-0.3, -0.25) is 14.6 Å². The van der Waals surface area contributed by atoms with E-state index in [-0.39, 0.29) is 17.8 Å². The van der Waals surface area contributed by atoms with Crippen molar-refractivity contribution in [1.29, 1.82) is 0 Å². The van der Waals surface area contributed by atoms with Crippen LogP contribution in [0.1, 0.15) is 31.4 Å². The molecule has 0 bridgehead atoms. The molecule has 1 aromatic rings. The van der Waals surface area contributed by atoms with Crippen molar-refractivity contribution in [2.24, 2.45) is 16.0 Å². The molecule has 3 heterocycles. The monoisotopic (exact) mass is 404 g/mol. The number of aromatic nitrogens is 1. The van der Waals surface area contributed by atoms with E-state index in [9.17, 15) is 9.18 Å². The first-order valence-corrected chi connectivity index (χ1v) is 9.35. The second-order valence-corrected chi connectivity index (χ2v) is 6.74. The molecule has 2 aliphatic heterocycles. The van der Waals surface area contributed by atoms with Gasteiger partial charge >= 0.3 is 0 Å². The number of nitrogens with zero attached hydrogens (tertiary/aromatic N) is 5. The third kappa shape index (κ3) is 4.89. The van der Waals surface area contributed by atoms with E-state index in [1.165, 1.54) is 26.5 Å². The molecule has 1 saturated heterocycles. The van der Waals surface area contributed by atoms with E-state index in [0.29, 0.717) is 12.5 Å². The number of hydrazone groups is 1. The number of amides is 1. The zero-order chi connectivity index (χ0) is 20.8. The maximum Gasteiger partial charge on any atom is 0.251 e. The molecule has 0 radical (unpaired) electrons. The van der Waals surface area contributed by atoms with E-state index in [1.807, 2.05) is 6.08 Å². The van der Waals surface area contributed by atoms with E-state index >= 15 is 0 Å². The van der Waals surface area contributed by atoms with Gasteiger partial charge in [-0.2, -0.15) is 5.10 Å². The number of aliphatic imine (C=N–C) groups is 1. The van der Waals surface area contributed by atoms with Crippen molar-refractivity contribution >= 4 is 18.0 Å². The summed E-state index contributed by atoms with van der Waals surface area (Å²) in [6.45, 7) is 2.85. The molecule has 1 unspecified atom stereocenters. The maximum absolute atomic E-state index is 13.8. The number of rotatable bonds is 6. The Hall–Kier alpha value is -3.01. The Bertz CT molecular complexity index is 828. The molecule has 1 aromatic heterocycles. The zero-order valence-corrected chi connectivity index (χ0v) is 16.7. The highest BCUT2D eigenvalue weighted by Gasteiger charge is 2.31. The number of carbonyl (C=O) groups excluding carboxylic acids is 1. The lowest BCUT2D eigenvalue weighted by Crippen LogP contribution is -2.33. The predicted octanol–water partition coefficient (Wildman–Crippen LogP) is 1.85. The molecule has 1 N–H and O–H groups in total. The van der Waals surface area contributed by atoms with Crippen molar-refractivity contribution in [1.82, 2.24) is 20.4 Å². The maximum atomic E-state index is 13.8. The molecule has 156 valence electrons. The van der Waals surface area contributed by atoms with Gasteiger partial charge in [-0.25, -0.2) is 19.8 Å². The number of hydrogen-bond donors (Lipinski definition) is 1. The van der Waals surface area contributed by atoms with Crippen LogP contribution in [-0.4, -0.2) is 60.3 Å². The first kappa shape index (κ1) is 20.7. The molecule has 29 heavy (non-hydrogen) atoms. The van der Waals surface area contributed by atoms with Gasteiger partial charge in [0.15, 0.2) is 0 Å². The lowest BCUT2D eigenvalue weighted by atomic mass is 10.1. The number of likely N-dealkylation sites (tertiary alicyclic amines) is 1. The normalized spacial score (nSPS) is 20.1. The molecule has 3 rings (SSSR count). The molecule has 0 aliphatic carbocycles. The Morgan fingerprint density at radius 2 is 2.31 bits per heavy atom. The summed E-state index contributed by atoms with van der Waals surface area (Å²) in [6, 6.07) is 1.43. The summed E-state index contributed by atoms with van der Waals surface area (Å²) >= 11 is 0. The van der Waals surface area contributed by atoms with E-state index < -0.39 is 5.92 Å². The van der Waals surface area contributed by atoms with Gasteiger partial charge in [-0.05, 0) is 31.9 Å². The van der Waals surface area contributed by atoms with Crippen LogP contribution in [0.2, 0.25) is 0 Å². The average Bonchev–Trinajstić information content (AvgIpc) is 3.22. The number of ether oxygens (including phenoxy) is 1. The van der Waals surface area contributed by atoms with Crippen LogP contribution in [0, 0.1) is 11.7 Å². The average molecular weight is 404 g/mol. The number of methoxy groups -OCH3 is 1. The summed E-state index contributed by atoms with van der Waals surface area (Å²) in [5, 5.41) is 5.90. The molecule has 10 heteroatoms. The van der Waals surface area contributed by atoms with Crippen LogP contribution in [0.15, 0.2) is 34.6 Å². The highest BCUT2D eigenvalue weighted by atomic mass is 19.1. The quantitative estimate of drug-likeness (QED) is 0.575. The van der Waals surface area contributed by atoms with E-state index in [1.54, 1.807) is 18.1 Å². The minimum atomic E-state index is -0.440. The fourth-order valence-corrected chi connectivity index (χ4v) is 3.32. The molecule has 2 aliphatic rings. The Kier molecular flexibility index (Phi) is 6.76. The van der Waals surface area contributed by atoms with Crippen LogP contribution in [-0.2, 0) is 9.63 Å². The third-order valence-corrected chi connectivity index (χ3v) is 4.77. The molecule has 0 aromatic carbocycles. The van der Waals surface area contributed by atoms with E-state index in [4.69, 9.17) is 4.74 Å².